The lowest BCUT2D eigenvalue weighted by Crippen LogP contribution is -2.02. The number of nitro groups is 1. The number of rotatable bonds is 5. The summed E-state index contributed by atoms with van der Waals surface area (Å²) in [6.45, 7) is -0.210. The van der Waals surface area contributed by atoms with Crippen molar-refractivity contribution in [2.24, 2.45) is 0 Å². The lowest BCUT2D eigenvalue weighted by molar-refractivity contribution is -0.386. The molecule has 0 heterocycles. The molecule has 110 valence electrons. The predicted octanol–water partition coefficient (Wildman–Crippen LogP) is 4.71. The van der Waals surface area contributed by atoms with Crippen LogP contribution in [0.15, 0.2) is 36.4 Å². The van der Waals surface area contributed by atoms with E-state index in [0.717, 1.165) is 0 Å². The van der Waals surface area contributed by atoms with Crippen molar-refractivity contribution in [1.29, 1.82) is 0 Å². The number of halogens is 3. The van der Waals surface area contributed by atoms with Crippen LogP contribution in [0.3, 0.4) is 0 Å². The fourth-order valence-electron chi connectivity index (χ4n) is 1.73. The van der Waals surface area contributed by atoms with Gasteiger partial charge in [-0.25, -0.2) is 4.39 Å². The van der Waals surface area contributed by atoms with Gasteiger partial charge in [0, 0.05) is 17.5 Å². The van der Waals surface area contributed by atoms with Crippen LogP contribution in [0.5, 0.6) is 5.75 Å². The molecule has 0 aliphatic heterocycles. The van der Waals surface area contributed by atoms with Gasteiger partial charge in [0.25, 0.3) is 0 Å². The van der Waals surface area contributed by atoms with Crippen molar-refractivity contribution in [1.82, 2.24) is 0 Å². The molecule has 2 aromatic rings. The third kappa shape index (κ3) is 3.62. The van der Waals surface area contributed by atoms with Gasteiger partial charge in [0.2, 0.25) is 0 Å². The average molecular weight is 330 g/mol. The van der Waals surface area contributed by atoms with Crippen molar-refractivity contribution >= 4 is 28.9 Å². The first-order valence-electron chi connectivity index (χ1n) is 5.92. The Balaban J connectivity index is 2.28. The van der Waals surface area contributed by atoms with Gasteiger partial charge in [0.05, 0.1) is 9.95 Å². The van der Waals surface area contributed by atoms with Crippen LogP contribution >= 0.6 is 23.2 Å². The summed E-state index contributed by atoms with van der Waals surface area (Å²) in [7, 11) is 0. The van der Waals surface area contributed by atoms with Crippen LogP contribution in [0.2, 0.25) is 5.02 Å². The Morgan fingerprint density at radius 2 is 2.05 bits per heavy atom. The third-order valence-electron chi connectivity index (χ3n) is 2.81. The minimum Gasteiger partial charge on any atom is -0.482 e. The molecule has 0 saturated carbocycles. The molecule has 0 atom stereocenters. The van der Waals surface area contributed by atoms with E-state index in [9.17, 15) is 14.5 Å². The van der Waals surface area contributed by atoms with Gasteiger partial charge in [-0.05, 0) is 23.8 Å². The first kappa shape index (κ1) is 15.5. The summed E-state index contributed by atoms with van der Waals surface area (Å²) in [6, 6.07) is 8.53. The van der Waals surface area contributed by atoms with Crippen molar-refractivity contribution < 1.29 is 14.1 Å². The molecule has 0 aromatic heterocycles. The Morgan fingerprint density at radius 3 is 2.67 bits per heavy atom. The first-order valence-corrected chi connectivity index (χ1v) is 6.83. The number of nitro benzene ring substituents is 1. The van der Waals surface area contributed by atoms with Crippen LogP contribution in [0.25, 0.3) is 0 Å². The highest BCUT2D eigenvalue weighted by Gasteiger charge is 2.17. The minimum absolute atomic E-state index is 0.0254. The number of benzene rings is 2. The second-order valence-corrected chi connectivity index (χ2v) is 4.86. The molecule has 0 fully saturated rings. The van der Waals surface area contributed by atoms with Crippen LogP contribution < -0.4 is 4.74 Å². The number of alkyl halides is 1. The zero-order valence-corrected chi connectivity index (χ0v) is 12.2. The Bertz CT molecular complexity index is 659. The van der Waals surface area contributed by atoms with E-state index in [1.54, 1.807) is 0 Å². The second-order valence-electron chi connectivity index (χ2n) is 4.18. The normalized spacial score (nSPS) is 10.4. The largest absolute Gasteiger partial charge is 0.482 e. The van der Waals surface area contributed by atoms with Crippen LogP contribution in [0.4, 0.5) is 10.1 Å². The van der Waals surface area contributed by atoms with Crippen molar-refractivity contribution in [2.75, 3.05) is 0 Å². The maximum absolute atomic E-state index is 13.6. The van der Waals surface area contributed by atoms with E-state index in [2.05, 4.69) is 0 Å². The molecule has 0 radical (unpaired) electrons. The maximum Gasteiger partial charge on any atom is 0.310 e. The molecule has 0 aliphatic carbocycles. The van der Waals surface area contributed by atoms with E-state index in [1.807, 2.05) is 0 Å². The van der Waals surface area contributed by atoms with Gasteiger partial charge in [-0.3, -0.25) is 10.1 Å². The molecule has 2 rings (SSSR count). The average Bonchev–Trinajstić information content (AvgIpc) is 2.46. The summed E-state index contributed by atoms with van der Waals surface area (Å²) >= 11 is 11.6. The van der Waals surface area contributed by atoms with Crippen molar-refractivity contribution in [2.45, 2.75) is 12.5 Å². The molecule has 0 spiro atoms. The fraction of sp³-hybridized carbons (Fsp3) is 0.143. The fourth-order valence-corrected chi connectivity index (χ4v) is 2.11. The van der Waals surface area contributed by atoms with Gasteiger partial charge in [-0.1, -0.05) is 23.7 Å². The standard InChI is InChI=1S/C14H10Cl2FNO3/c15-7-9-4-5-13(18(19)20)14(6-9)21-8-10-11(16)2-1-3-12(10)17/h1-6H,7-8H2. The minimum atomic E-state index is -0.573. The van der Waals surface area contributed by atoms with Crippen LogP contribution in [-0.4, -0.2) is 4.92 Å². The van der Waals surface area contributed by atoms with Gasteiger partial charge < -0.3 is 4.74 Å². The number of nitrogens with zero attached hydrogens (tertiary/aromatic N) is 1. The summed E-state index contributed by atoms with van der Waals surface area (Å²) in [5.74, 6) is -0.314. The first-order chi connectivity index (χ1) is 10.0. The van der Waals surface area contributed by atoms with E-state index in [-0.39, 0.29) is 34.5 Å². The van der Waals surface area contributed by atoms with Gasteiger partial charge in [-0.15, -0.1) is 11.6 Å². The third-order valence-corrected chi connectivity index (χ3v) is 3.47. The van der Waals surface area contributed by atoms with Gasteiger partial charge in [-0.2, -0.15) is 0 Å². The smallest absolute Gasteiger partial charge is 0.310 e. The lowest BCUT2D eigenvalue weighted by Gasteiger charge is -2.10. The molecule has 0 N–H and O–H groups in total. The SMILES string of the molecule is O=[N+]([O-])c1ccc(CCl)cc1OCc1c(F)cccc1Cl. The van der Waals surface area contributed by atoms with Gasteiger partial charge >= 0.3 is 5.69 Å². The quantitative estimate of drug-likeness (QED) is 0.453. The molecular weight excluding hydrogens is 320 g/mol. The van der Waals surface area contributed by atoms with E-state index >= 15 is 0 Å². The molecule has 0 saturated heterocycles. The molecule has 7 heteroatoms. The van der Waals surface area contributed by atoms with Crippen molar-refractivity contribution in [3.8, 4) is 5.75 Å². The molecule has 0 aliphatic rings. The molecular formula is C14H10Cl2FNO3. The number of hydrogen-bond donors (Lipinski definition) is 0. The topological polar surface area (TPSA) is 52.4 Å². The summed E-state index contributed by atoms with van der Waals surface area (Å²) in [6.07, 6.45) is 0. The van der Waals surface area contributed by atoms with E-state index in [4.69, 9.17) is 27.9 Å². The Kier molecular flexibility index (Phi) is 4.98. The summed E-state index contributed by atoms with van der Waals surface area (Å²) in [5, 5.41) is 11.2. The van der Waals surface area contributed by atoms with Crippen LogP contribution in [0.1, 0.15) is 11.1 Å². The maximum atomic E-state index is 13.6. The van der Waals surface area contributed by atoms with Crippen LogP contribution in [-0.2, 0) is 12.5 Å². The molecule has 0 bridgehead atoms. The Morgan fingerprint density at radius 1 is 1.29 bits per heavy atom. The molecule has 4 nitrogen and oxygen atoms in total. The molecule has 21 heavy (non-hydrogen) atoms. The molecule has 2 aromatic carbocycles. The number of hydrogen-bond acceptors (Lipinski definition) is 3. The van der Waals surface area contributed by atoms with E-state index < -0.39 is 10.7 Å². The molecule has 0 amide bonds. The Labute approximate surface area is 130 Å². The summed E-state index contributed by atoms with van der Waals surface area (Å²) in [4.78, 5) is 10.4. The van der Waals surface area contributed by atoms with Crippen LogP contribution in [0, 0.1) is 15.9 Å². The van der Waals surface area contributed by atoms with E-state index in [0.29, 0.717) is 5.56 Å². The Hall–Kier alpha value is -1.85. The zero-order valence-electron chi connectivity index (χ0n) is 10.7. The second kappa shape index (κ2) is 6.74. The highest BCUT2D eigenvalue weighted by molar-refractivity contribution is 6.31. The lowest BCUT2D eigenvalue weighted by atomic mass is 10.2. The highest BCUT2D eigenvalue weighted by Crippen LogP contribution is 2.30. The van der Waals surface area contributed by atoms with Gasteiger partial charge in [0.1, 0.15) is 12.4 Å². The number of ether oxygens (including phenoxy) is 1. The highest BCUT2D eigenvalue weighted by atomic mass is 35.5. The van der Waals surface area contributed by atoms with Gasteiger partial charge in [0.15, 0.2) is 5.75 Å². The zero-order chi connectivity index (χ0) is 15.4. The predicted molar refractivity (Wildman–Crippen MR) is 78.4 cm³/mol. The van der Waals surface area contributed by atoms with Crippen molar-refractivity contribution in [3.63, 3.8) is 0 Å². The monoisotopic (exact) mass is 329 g/mol. The molecule has 0 unspecified atom stereocenters. The van der Waals surface area contributed by atoms with Crippen molar-refractivity contribution in [3.05, 3.63) is 68.5 Å². The summed E-state index contributed by atoms with van der Waals surface area (Å²) < 4.78 is 19.0. The van der Waals surface area contributed by atoms with E-state index in [1.165, 1.54) is 36.4 Å². The summed E-state index contributed by atoms with van der Waals surface area (Å²) in [5.41, 5.74) is 0.595.